The maximum absolute atomic E-state index is 14.4. The Morgan fingerprint density at radius 2 is 1.75 bits per heavy atom. The lowest BCUT2D eigenvalue weighted by Gasteiger charge is -2.12. The first-order chi connectivity index (χ1) is 13.1. The molecule has 0 aliphatic rings. The molecule has 0 aliphatic heterocycles. The summed E-state index contributed by atoms with van der Waals surface area (Å²) in [4.78, 5) is 11.8. The van der Waals surface area contributed by atoms with Gasteiger partial charge in [0.25, 0.3) is 0 Å². The molecule has 0 aliphatic carbocycles. The Labute approximate surface area is 157 Å². The van der Waals surface area contributed by atoms with Crippen LogP contribution in [0.2, 0.25) is 0 Å². The lowest BCUT2D eigenvalue weighted by Crippen LogP contribution is -2.07. The number of nitrogen functional groups attached to an aromatic ring is 2. The minimum absolute atomic E-state index is 0.121. The molecular formula is C19H13F4N5. The minimum Gasteiger partial charge on any atom is -0.384 e. The molecule has 0 unspecified atom stereocenters. The Morgan fingerprint density at radius 3 is 2.39 bits per heavy atom. The van der Waals surface area contributed by atoms with E-state index in [0.717, 1.165) is 6.07 Å². The van der Waals surface area contributed by atoms with Gasteiger partial charge < -0.3 is 11.5 Å². The topological polar surface area (TPSA) is 90.7 Å². The molecule has 2 heterocycles. The van der Waals surface area contributed by atoms with Crippen LogP contribution in [0.25, 0.3) is 11.3 Å². The fraction of sp³-hybridized carbons (Fsp3) is 0.105. The number of benzene rings is 1. The van der Waals surface area contributed by atoms with Crippen molar-refractivity contribution < 1.29 is 17.6 Å². The first-order valence-corrected chi connectivity index (χ1v) is 7.90. The quantitative estimate of drug-likeness (QED) is 0.492. The van der Waals surface area contributed by atoms with Crippen LogP contribution in [-0.2, 0) is 6.18 Å². The summed E-state index contributed by atoms with van der Waals surface area (Å²) < 4.78 is 53.5. The van der Waals surface area contributed by atoms with Crippen molar-refractivity contribution in [2.75, 3.05) is 11.5 Å². The van der Waals surface area contributed by atoms with E-state index in [4.69, 9.17) is 11.5 Å². The number of alkyl halides is 3. The summed E-state index contributed by atoms with van der Waals surface area (Å²) >= 11 is 0. The van der Waals surface area contributed by atoms with Gasteiger partial charge in [0.2, 0.25) is 5.95 Å². The van der Waals surface area contributed by atoms with E-state index < -0.39 is 17.6 Å². The Morgan fingerprint density at radius 1 is 1.00 bits per heavy atom. The van der Waals surface area contributed by atoms with E-state index >= 15 is 0 Å². The average molecular weight is 387 g/mol. The average Bonchev–Trinajstić information content (AvgIpc) is 2.61. The van der Waals surface area contributed by atoms with Crippen LogP contribution in [0.5, 0.6) is 0 Å². The number of hydrogen-bond acceptors (Lipinski definition) is 5. The number of aryl methyl sites for hydroxylation is 1. The van der Waals surface area contributed by atoms with Gasteiger partial charge in [-0.25, -0.2) is 19.3 Å². The molecule has 0 atom stereocenters. The molecule has 1 aromatic carbocycles. The third-order valence-corrected chi connectivity index (χ3v) is 3.77. The third kappa shape index (κ3) is 4.01. The SMILES string of the molecule is Cc1nc(N)nc(-c2cc(C(F)(F)F)ccc2F)c1C#Cc1ccc(N)nc1. The van der Waals surface area contributed by atoms with E-state index in [1.807, 2.05) is 0 Å². The van der Waals surface area contributed by atoms with E-state index in [-0.39, 0.29) is 22.8 Å². The zero-order valence-electron chi connectivity index (χ0n) is 14.5. The molecule has 142 valence electrons. The summed E-state index contributed by atoms with van der Waals surface area (Å²) in [6.07, 6.45) is -3.21. The van der Waals surface area contributed by atoms with Gasteiger partial charge in [0.15, 0.2) is 0 Å². The Kier molecular flexibility index (Phi) is 4.88. The Bertz CT molecular complexity index is 1100. The molecule has 0 amide bonds. The van der Waals surface area contributed by atoms with Crippen LogP contribution in [-0.4, -0.2) is 15.0 Å². The number of hydrogen-bond donors (Lipinski definition) is 2. The largest absolute Gasteiger partial charge is 0.416 e. The van der Waals surface area contributed by atoms with E-state index in [1.54, 1.807) is 19.1 Å². The van der Waals surface area contributed by atoms with Crippen LogP contribution in [0, 0.1) is 24.6 Å². The fourth-order valence-corrected chi connectivity index (χ4v) is 2.44. The van der Waals surface area contributed by atoms with Crippen molar-refractivity contribution in [2.45, 2.75) is 13.1 Å². The molecule has 28 heavy (non-hydrogen) atoms. The van der Waals surface area contributed by atoms with Crippen LogP contribution in [0.3, 0.4) is 0 Å². The number of anilines is 2. The Balaban J connectivity index is 2.19. The predicted molar refractivity (Wildman–Crippen MR) is 96.2 cm³/mol. The molecule has 0 fully saturated rings. The summed E-state index contributed by atoms with van der Waals surface area (Å²) in [6, 6.07) is 5.22. The van der Waals surface area contributed by atoms with Gasteiger partial charge >= 0.3 is 6.18 Å². The molecule has 3 rings (SSSR count). The number of nitrogens with zero attached hydrogens (tertiary/aromatic N) is 3. The molecule has 0 saturated heterocycles. The highest BCUT2D eigenvalue weighted by atomic mass is 19.4. The van der Waals surface area contributed by atoms with E-state index in [0.29, 0.717) is 29.2 Å². The molecule has 0 saturated carbocycles. The molecule has 3 aromatic rings. The summed E-state index contributed by atoms with van der Waals surface area (Å²) in [7, 11) is 0. The number of rotatable bonds is 1. The van der Waals surface area contributed by atoms with Crippen LogP contribution < -0.4 is 11.5 Å². The minimum atomic E-state index is -4.64. The molecule has 5 nitrogen and oxygen atoms in total. The second-order valence-corrected chi connectivity index (χ2v) is 5.80. The van der Waals surface area contributed by atoms with Gasteiger partial charge in [-0.15, -0.1) is 0 Å². The highest BCUT2D eigenvalue weighted by Gasteiger charge is 2.31. The predicted octanol–water partition coefficient (Wildman–Crippen LogP) is 3.57. The highest BCUT2D eigenvalue weighted by molar-refractivity contribution is 5.71. The molecule has 2 aromatic heterocycles. The van der Waals surface area contributed by atoms with Crippen molar-refractivity contribution >= 4 is 11.8 Å². The molecule has 4 N–H and O–H groups in total. The van der Waals surface area contributed by atoms with E-state index in [2.05, 4.69) is 26.8 Å². The fourth-order valence-electron chi connectivity index (χ4n) is 2.44. The second kappa shape index (κ2) is 7.15. The highest BCUT2D eigenvalue weighted by Crippen LogP contribution is 2.34. The van der Waals surface area contributed by atoms with Crippen molar-refractivity contribution in [3.8, 4) is 23.1 Å². The van der Waals surface area contributed by atoms with Crippen molar-refractivity contribution in [3.63, 3.8) is 0 Å². The standard InChI is InChI=1S/C19H13F4N5/c1-10-13(5-2-11-3-7-16(24)26-9-11)17(28-18(25)27-10)14-8-12(19(21,22)23)4-6-15(14)20/h3-4,6-9H,1H3,(H2,24,26)(H2,25,27,28). The zero-order chi connectivity index (χ0) is 20.5. The second-order valence-electron chi connectivity index (χ2n) is 5.80. The summed E-state index contributed by atoms with van der Waals surface area (Å²) in [5.74, 6) is 4.78. The van der Waals surface area contributed by atoms with Crippen molar-refractivity contribution in [3.05, 3.63) is 64.7 Å². The first-order valence-electron chi connectivity index (χ1n) is 7.90. The number of pyridine rings is 1. The summed E-state index contributed by atoms with van der Waals surface area (Å²) in [5, 5.41) is 0. The Hall–Kier alpha value is -3.67. The molecule has 0 bridgehead atoms. The normalized spacial score (nSPS) is 11.0. The zero-order valence-corrected chi connectivity index (χ0v) is 14.5. The van der Waals surface area contributed by atoms with Crippen LogP contribution >= 0.6 is 0 Å². The molecule has 0 radical (unpaired) electrons. The van der Waals surface area contributed by atoms with Crippen molar-refractivity contribution in [2.24, 2.45) is 0 Å². The van der Waals surface area contributed by atoms with Crippen LogP contribution in [0.4, 0.5) is 29.3 Å². The van der Waals surface area contributed by atoms with Gasteiger partial charge in [-0.3, -0.25) is 0 Å². The maximum atomic E-state index is 14.4. The monoisotopic (exact) mass is 387 g/mol. The van der Waals surface area contributed by atoms with Crippen LogP contribution in [0.1, 0.15) is 22.4 Å². The van der Waals surface area contributed by atoms with Crippen molar-refractivity contribution in [1.29, 1.82) is 0 Å². The number of halogens is 4. The third-order valence-electron chi connectivity index (χ3n) is 3.77. The summed E-state index contributed by atoms with van der Waals surface area (Å²) in [6.45, 7) is 1.55. The maximum Gasteiger partial charge on any atom is 0.416 e. The number of nitrogens with two attached hydrogens (primary N) is 2. The first kappa shape index (κ1) is 19.1. The van der Waals surface area contributed by atoms with Gasteiger partial charge in [0.1, 0.15) is 11.6 Å². The molecule has 9 heteroatoms. The van der Waals surface area contributed by atoms with Gasteiger partial charge in [-0.1, -0.05) is 11.8 Å². The van der Waals surface area contributed by atoms with Crippen molar-refractivity contribution in [1.82, 2.24) is 15.0 Å². The molecular weight excluding hydrogens is 374 g/mol. The van der Waals surface area contributed by atoms with Gasteiger partial charge in [0, 0.05) is 17.3 Å². The van der Waals surface area contributed by atoms with Gasteiger partial charge in [-0.2, -0.15) is 13.2 Å². The van der Waals surface area contributed by atoms with Gasteiger partial charge in [-0.05, 0) is 37.3 Å². The van der Waals surface area contributed by atoms with E-state index in [9.17, 15) is 17.6 Å². The lowest BCUT2D eigenvalue weighted by molar-refractivity contribution is -0.137. The number of aromatic nitrogens is 3. The van der Waals surface area contributed by atoms with E-state index in [1.165, 1.54) is 6.20 Å². The summed E-state index contributed by atoms with van der Waals surface area (Å²) in [5.41, 5.74) is 10.6. The van der Waals surface area contributed by atoms with Crippen LogP contribution in [0.15, 0.2) is 36.5 Å². The lowest BCUT2D eigenvalue weighted by atomic mass is 10.0. The van der Waals surface area contributed by atoms with Gasteiger partial charge in [0.05, 0.1) is 22.5 Å². The smallest absolute Gasteiger partial charge is 0.384 e. The molecule has 0 spiro atoms.